The molecule has 5 nitrogen and oxygen atoms in total. The van der Waals surface area contributed by atoms with Crippen molar-refractivity contribution >= 4 is 22.5 Å². The highest BCUT2D eigenvalue weighted by Gasteiger charge is 2.16. The maximum absolute atomic E-state index is 12.5. The number of aryl methyl sites for hydroxylation is 1. The van der Waals surface area contributed by atoms with Crippen molar-refractivity contribution in [2.24, 2.45) is 7.05 Å². The van der Waals surface area contributed by atoms with Gasteiger partial charge in [0.1, 0.15) is 5.69 Å². The molecule has 1 aliphatic rings. The smallest absolute Gasteiger partial charge is 0.272 e. The number of para-hydroxylation sites is 1. The van der Waals surface area contributed by atoms with Crippen molar-refractivity contribution < 1.29 is 14.3 Å². The van der Waals surface area contributed by atoms with E-state index in [2.05, 4.69) is 5.32 Å². The van der Waals surface area contributed by atoms with Crippen molar-refractivity contribution in [2.45, 2.75) is 0 Å². The van der Waals surface area contributed by atoms with Gasteiger partial charge in [-0.25, -0.2) is 0 Å². The second kappa shape index (κ2) is 4.80. The van der Waals surface area contributed by atoms with E-state index in [0.717, 1.165) is 10.9 Å². The van der Waals surface area contributed by atoms with E-state index in [9.17, 15) is 4.79 Å². The summed E-state index contributed by atoms with van der Waals surface area (Å²) in [6.45, 7) is 0.218. The molecular formula is C17H14N2O3. The van der Waals surface area contributed by atoms with E-state index in [1.807, 2.05) is 41.9 Å². The number of anilines is 1. The van der Waals surface area contributed by atoms with Crippen LogP contribution < -0.4 is 14.8 Å². The maximum atomic E-state index is 12.5. The van der Waals surface area contributed by atoms with Gasteiger partial charge in [-0.15, -0.1) is 0 Å². The normalized spacial score (nSPS) is 12.6. The summed E-state index contributed by atoms with van der Waals surface area (Å²) in [7, 11) is 1.89. The molecule has 0 saturated carbocycles. The number of hydrogen-bond donors (Lipinski definition) is 1. The third-order valence-corrected chi connectivity index (χ3v) is 3.81. The summed E-state index contributed by atoms with van der Waals surface area (Å²) in [5.41, 5.74) is 2.32. The van der Waals surface area contributed by atoms with Crippen LogP contribution in [-0.2, 0) is 7.05 Å². The number of aromatic nitrogens is 1. The Morgan fingerprint density at radius 1 is 1.09 bits per heavy atom. The first-order chi connectivity index (χ1) is 10.7. The standard InChI is InChI=1S/C17H14N2O3/c1-19-13-5-3-2-4-11(13)8-14(19)17(20)18-12-6-7-15-16(9-12)22-10-21-15/h2-9H,10H2,1H3,(H,18,20). The predicted octanol–water partition coefficient (Wildman–Crippen LogP) is 3.16. The van der Waals surface area contributed by atoms with Crippen LogP contribution in [0.4, 0.5) is 5.69 Å². The van der Waals surface area contributed by atoms with Crippen molar-refractivity contribution in [3.63, 3.8) is 0 Å². The van der Waals surface area contributed by atoms with E-state index < -0.39 is 0 Å². The molecule has 4 rings (SSSR count). The number of hydrogen-bond acceptors (Lipinski definition) is 3. The summed E-state index contributed by atoms with van der Waals surface area (Å²) in [5, 5.41) is 3.94. The first-order valence-corrected chi connectivity index (χ1v) is 6.98. The fourth-order valence-corrected chi connectivity index (χ4v) is 2.68. The molecule has 1 aliphatic heterocycles. The largest absolute Gasteiger partial charge is 0.454 e. The Bertz CT molecular complexity index is 883. The molecule has 0 aliphatic carbocycles. The molecule has 2 heterocycles. The molecular weight excluding hydrogens is 280 g/mol. The summed E-state index contributed by atoms with van der Waals surface area (Å²) >= 11 is 0. The number of ether oxygens (including phenoxy) is 2. The van der Waals surface area contributed by atoms with Gasteiger partial charge < -0.3 is 19.4 Å². The molecule has 0 saturated heterocycles. The number of nitrogens with one attached hydrogen (secondary N) is 1. The highest BCUT2D eigenvalue weighted by Crippen LogP contribution is 2.34. The molecule has 0 atom stereocenters. The zero-order valence-electron chi connectivity index (χ0n) is 12.0. The zero-order chi connectivity index (χ0) is 15.1. The number of carbonyl (C=O) groups is 1. The van der Waals surface area contributed by atoms with Gasteiger partial charge in [-0.1, -0.05) is 18.2 Å². The van der Waals surface area contributed by atoms with Crippen LogP contribution in [0.5, 0.6) is 11.5 Å². The van der Waals surface area contributed by atoms with E-state index in [0.29, 0.717) is 22.9 Å². The number of carbonyl (C=O) groups excluding carboxylic acids is 1. The van der Waals surface area contributed by atoms with Crippen LogP contribution in [0.3, 0.4) is 0 Å². The number of fused-ring (bicyclic) bond motifs is 2. The van der Waals surface area contributed by atoms with E-state index in [1.165, 1.54) is 0 Å². The van der Waals surface area contributed by atoms with Gasteiger partial charge in [0.15, 0.2) is 11.5 Å². The monoisotopic (exact) mass is 294 g/mol. The molecule has 0 unspecified atom stereocenters. The highest BCUT2D eigenvalue weighted by atomic mass is 16.7. The lowest BCUT2D eigenvalue weighted by atomic mass is 10.2. The maximum Gasteiger partial charge on any atom is 0.272 e. The van der Waals surface area contributed by atoms with Crippen LogP contribution >= 0.6 is 0 Å². The van der Waals surface area contributed by atoms with Gasteiger partial charge >= 0.3 is 0 Å². The van der Waals surface area contributed by atoms with Crippen LogP contribution in [0.25, 0.3) is 10.9 Å². The lowest BCUT2D eigenvalue weighted by Crippen LogP contribution is -2.15. The third-order valence-electron chi connectivity index (χ3n) is 3.81. The Balaban J connectivity index is 1.65. The number of nitrogens with zero attached hydrogens (tertiary/aromatic N) is 1. The molecule has 1 N–H and O–H groups in total. The van der Waals surface area contributed by atoms with E-state index in [4.69, 9.17) is 9.47 Å². The van der Waals surface area contributed by atoms with Crippen LogP contribution in [0.2, 0.25) is 0 Å². The summed E-state index contributed by atoms with van der Waals surface area (Å²) in [6.07, 6.45) is 0. The number of amides is 1. The SMILES string of the molecule is Cn1c(C(=O)Nc2ccc3c(c2)OCO3)cc2ccccc21. The van der Waals surface area contributed by atoms with Gasteiger partial charge in [0, 0.05) is 29.7 Å². The van der Waals surface area contributed by atoms with Gasteiger partial charge in [0.05, 0.1) is 0 Å². The third kappa shape index (κ3) is 1.98. The second-order valence-electron chi connectivity index (χ2n) is 5.17. The minimum absolute atomic E-state index is 0.155. The Hall–Kier alpha value is -2.95. The van der Waals surface area contributed by atoms with Crippen LogP contribution in [-0.4, -0.2) is 17.3 Å². The summed E-state index contributed by atoms with van der Waals surface area (Å²) in [6, 6.07) is 15.1. The van der Waals surface area contributed by atoms with Gasteiger partial charge in [0.2, 0.25) is 6.79 Å². The predicted molar refractivity (Wildman–Crippen MR) is 83.4 cm³/mol. The zero-order valence-corrected chi connectivity index (χ0v) is 12.0. The molecule has 1 amide bonds. The lowest BCUT2D eigenvalue weighted by Gasteiger charge is -2.07. The Kier molecular flexibility index (Phi) is 2.79. The van der Waals surface area contributed by atoms with Crippen molar-refractivity contribution in [1.82, 2.24) is 4.57 Å². The topological polar surface area (TPSA) is 52.5 Å². The van der Waals surface area contributed by atoms with E-state index >= 15 is 0 Å². The average Bonchev–Trinajstić information content (AvgIpc) is 3.12. The molecule has 5 heteroatoms. The summed E-state index contributed by atoms with van der Waals surface area (Å²) in [5.74, 6) is 1.19. The summed E-state index contributed by atoms with van der Waals surface area (Å²) < 4.78 is 12.5. The van der Waals surface area contributed by atoms with E-state index in [-0.39, 0.29) is 12.7 Å². The Labute approximate surface area is 127 Å². The van der Waals surface area contributed by atoms with Crippen LogP contribution in [0, 0.1) is 0 Å². The van der Waals surface area contributed by atoms with Crippen molar-refractivity contribution in [3.05, 3.63) is 54.2 Å². The molecule has 0 fully saturated rings. The molecule has 110 valence electrons. The van der Waals surface area contributed by atoms with Gasteiger partial charge in [-0.05, 0) is 24.3 Å². The highest BCUT2D eigenvalue weighted by molar-refractivity contribution is 6.06. The van der Waals surface area contributed by atoms with Crippen molar-refractivity contribution in [3.8, 4) is 11.5 Å². The minimum Gasteiger partial charge on any atom is -0.454 e. The van der Waals surface area contributed by atoms with Crippen molar-refractivity contribution in [1.29, 1.82) is 0 Å². The second-order valence-corrected chi connectivity index (χ2v) is 5.17. The number of rotatable bonds is 2. The first-order valence-electron chi connectivity index (χ1n) is 6.98. The quantitative estimate of drug-likeness (QED) is 0.790. The van der Waals surface area contributed by atoms with Gasteiger partial charge in [-0.3, -0.25) is 4.79 Å². The van der Waals surface area contributed by atoms with Crippen LogP contribution in [0.15, 0.2) is 48.5 Å². The molecule has 1 aromatic heterocycles. The molecule has 3 aromatic rings. The lowest BCUT2D eigenvalue weighted by molar-refractivity contribution is 0.102. The molecule has 0 radical (unpaired) electrons. The van der Waals surface area contributed by atoms with E-state index in [1.54, 1.807) is 18.2 Å². The first kappa shape index (κ1) is 12.8. The minimum atomic E-state index is -0.155. The van der Waals surface area contributed by atoms with Gasteiger partial charge in [0.25, 0.3) is 5.91 Å². The average molecular weight is 294 g/mol. The molecule has 0 bridgehead atoms. The summed E-state index contributed by atoms with van der Waals surface area (Å²) in [4.78, 5) is 12.5. The molecule has 2 aromatic carbocycles. The number of benzene rings is 2. The van der Waals surface area contributed by atoms with Crippen molar-refractivity contribution in [2.75, 3.05) is 12.1 Å². The van der Waals surface area contributed by atoms with Gasteiger partial charge in [-0.2, -0.15) is 0 Å². The fraction of sp³-hybridized carbons (Fsp3) is 0.118. The fourth-order valence-electron chi connectivity index (χ4n) is 2.68. The molecule has 0 spiro atoms. The Morgan fingerprint density at radius 3 is 2.77 bits per heavy atom. The van der Waals surface area contributed by atoms with Crippen LogP contribution in [0.1, 0.15) is 10.5 Å². The Morgan fingerprint density at radius 2 is 1.91 bits per heavy atom. The molecule has 22 heavy (non-hydrogen) atoms.